The first-order valence-electron chi connectivity index (χ1n) is 4.54. The predicted octanol–water partition coefficient (Wildman–Crippen LogP) is 2.45. The van der Waals surface area contributed by atoms with Crippen LogP contribution in [0.3, 0.4) is 0 Å². The summed E-state index contributed by atoms with van der Waals surface area (Å²) in [5.41, 5.74) is 0. The first kappa shape index (κ1) is 10.9. The lowest BCUT2D eigenvalue weighted by Crippen LogP contribution is -2.35. The molecule has 0 radical (unpaired) electrons. The van der Waals surface area contributed by atoms with Gasteiger partial charge in [-0.1, -0.05) is 15.9 Å². The Bertz CT molecular complexity index is 126. The summed E-state index contributed by atoms with van der Waals surface area (Å²) >= 11 is 5.55. The van der Waals surface area contributed by atoms with Crippen LogP contribution in [0.1, 0.15) is 12.8 Å². The van der Waals surface area contributed by atoms with Crippen molar-refractivity contribution in [1.82, 2.24) is 4.90 Å². The van der Waals surface area contributed by atoms with E-state index < -0.39 is 0 Å². The van der Waals surface area contributed by atoms with Gasteiger partial charge in [-0.25, -0.2) is 0 Å². The molecule has 0 bridgehead atoms. The third kappa shape index (κ3) is 3.67. The molecule has 0 aromatic heterocycles. The lowest BCUT2D eigenvalue weighted by Gasteiger charge is -2.34. The molecule has 0 saturated heterocycles. The summed E-state index contributed by atoms with van der Waals surface area (Å²) in [4.78, 5) is 3.27. The zero-order chi connectivity index (χ0) is 8.97. The Hall–Kier alpha value is 0.790. The third-order valence-corrected chi connectivity index (χ3v) is 3.76. The Morgan fingerprint density at radius 3 is 2.67 bits per heavy atom. The molecule has 3 heteroatoms. The van der Waals surface area contributed by atoms with Gasteiger partial charge in [-0.2, -0.15) is 11.8 Å². The molecule has 1 fully saturated rings. The highest BCUT2D eigenvalue weighted by atomic mass is 79.9. The quantitative estimate of drug-likeness (QED) is 0.691. The van der Waals surface area contributed by atoms with Crippen LogP contribution in [0.4, 0.5) is 0 Å². The minimum absolute atomic E-state index is 0.816. The average Bonchev–Trinajstić information content (AvgIpc) is 1.98. The molecule has 0 aliphatic heterocycles. The van der Waals surface area contributed by atoms with Gasteiger partial charge in [0.2, 0.25) is 0 Å². The van der Waals surface area contributed by atoms with E-state index in [2.05, 4.69) is 34.1 Å². The topological polar surface area (TPSA) is 3.24 Å². The van der Waals surface area contributed by atoms with Crippen LogP contribution in [0.2, 0.25) is 0 Å². The molecule has 0 aromatic rings. The maximum atomic E-state index is 3.62. The van der Waals surface area contributed by atoms with Gasteiger partial charge < -0.3 is 4.90 Å². The third-order valence-electron chi connectivity index (χ3n) is 2.43. The number of hydrogen-bond donors (Lipinski definition) is 0. The number of thioether (sulfide) groups is 1. The van der Waals surface area contributed by atoms with Crippen LogP contribution in [0.25, 0.3) is 0 Å². The molecular weight excluding hydrogens is 234 g/mol. The van der Waals surface area contributed by atoms with Gasteiger partial charge in [0.05, 0.1) is 0 Å². The van der Waals surface area contributed by atoms with E-state index in [1.54, 1.807) is 0 Å². The molecule has 0 heterocycles. The van der Waals surface area contributed by atoms with Crippen molar-refractivity contribution in [1.29, 1.82) is 0 Å². The summed E-state index contributed by atoms with van der Waals surface area (Å²) in [6.45, 7) is 2.53. The van der Waals surface area contributed by atoms with Crippen LogP contribution in [-0.2, 0) is 0 Å². The maximum Gasteiger partial charge on any atom is 0.0152 e. The second-order valence-electron chi connectivity index (χ2n) is 3.69. The molecule has 72 valence electrons. The summed E-state index contributed by atoms with van der Waals surface area (Å²) in [6.07, 6.45) is 4.93. The normalized spacial score (nSPS) is 29.0. The maximum absolute atomic E-state index is 3.62. The zero-order valence-corrected chi connectivity index (χ0v) is 10.3. The number of rotatable bonds is 5. The summed E-state index contributed by atoms with van der Waals surface area (Å²) < 4.78 is 0. The van der Waals surface area contributed by atoms with Gasteiger partial charge in [0, 0.05) is 23.7 Å². The van der Waals surface area contributed by atoms with E-state index in [0.29, 0.717) is 0 Å². The lowest BCUT2D eigenvalue weighted by molar-refractivity contribution is 0.221. The molecule has 1 saturated carbocycles. The van der Waals surface area contributed by atoms with Gasteiger partial charge in [-0.05, 0) is 32.1 Å². The van der Waals surface area contributed by atoms with Gasteiger partial charge in [-0.15, -0.1) is 0 Å². The van der Waals surface area contributed by atoms with Gasteiger partial charge in [-0.3, -0.25) is 0 Å². The van der Waals surface area contributed by atoms with Gasteiger partial charge in [0.15, 0.2) is 0 Å². The highest BCUT2D eigenvalue weighted by Crippen LogP contribution is 2.33. The largest absolute Gasteiger partial charge is 0.305 e. The van der Waals surface area contributed by atoms with Crippen molar-refractivity contribution in [3.05, 3.63) is 0 Å². The van der Waals surface area contributed by atoms with Crippen LogP contribution in [0, 0.1) is 5.92 Å². The fourth-order valence-corrected chi connectivity index (χ4v) is 3.13. The number of halogens is 1. The van der Waals surface area contributed by atoms with Crippen molar-refractivity contribution in [2.45, 2.75) is 17.7 Å². The van der Waals surface area contributed by atoms with Gasteiger partial charge >= 0.3 is 0 Å². The Labute approximate surface area is 88.4 Å². The second-order valence-corrected chi connectivity index (χ2v) is 5.97. The van der Waals surface area contributed by atoms with Crippen LogP contribution < -0.4 is 0 Å². The van der Waals surface area contributed by atoms with Crippen molar-refractivity contribution in [3.63, 3.8) is 0 Å². The lowest BCUT2D eigenvalue weighted by atomic mass is 9.85. The molecule has 1 aliphatic rings. The summed E-state index contributed by atoms with van der Waals surface area (Å²) in [5, 5.41) is 0. The molecule has 1 rings (SSSR count). The molecule has 0 aromatic carbocycles. The average molecular weight is 252 g/mol. The molecule has 1 aliphatic carbocycles. The zero-order valence-electron chi connectivity index (χ0n) is 7.92. The number of hydrogen-bond acceptors (Lipinski definition) is 2. The Morgan fingerprint density at radius 1 is 1.50 bits per heavy atom. The Kier molecular flexibility index (Phi) is 4.99. The molecule has 12 heavy (non-hydrogen) atoms. The van der Waals surface area contributed by atoms with Crippen molar-refractivity contribution < 1.29 is 0 Å². The SMILES string of the molecule is CSCCN(C)CC1CC(Br)C1. The minimum Gasteiger partial charge on any atom is -0.305 e. The summed E-state index contributed by atoms with van der Waals surface area (Å²) in [7, 11) is 2.23. The van der Waals surface area contributed by atoms with E-state index in [9.17, 15) is 0 Å². The van der Waals surface area contributed by atoms with E-state index in [4.69, 9.17) is 0 Å². The first-order valence-corrected chi connectivity index (χ1v) is 6.85. The molecule has 0 amide bonds. The summed E-state index contributed by atoms with van der Waals surface area (Å²) in [5.74, 6) is 2.22. The Balaban J connectivity index is 1.98. The molecule has 1 nitrogen and oxygen atoms in total. The monoisotopic (exact) mass is 251 g/mol. The van der Waals surface area contributed by atoms with Crippen molar-refractivity contribution >= 4 is 27.7 Å². The molecule has 0 N–H and O–H groups in total. The smallest absolute Gasteiger partial charge is 0.0152 e. The van der Waals surface area contributed by atoms with Gasteiger partial charge in [0.25, 0.3) is 0 Å². The standard InChI is InChI=1S/C9H18BrNS/c1-11(3-4-12-2)7-8-5-9(10)6-8/h8-9H,3-7H2,1-2H3. The number of nitrogens with zero attached hydrogens (tertiary/aromatic N) is 1. The van der Waals surface area contributed by atoms with Crippen LogP contribution >= 0.6 is 27.7 Å². The minimum atomic E-state index is 0.816. The fourth-order valence-electron chi connectivity index (χ4n) is 1.58. The van der Waals surface area contributed by atoms with Crippen molar-refractivity contribution in [3.8, 4) is 0 Å². The van der Waals surface area contributed by atoms with E-state index in [-0.39, 0.29) is 0 Å². The predicted molar refractivity (Wildman–Crippen MR) is 61.3 cm³/mol. The van der Waals surface area contributed by atoms with Crippen LogP contribution in [-0.4, -0.2) is 41.9 Å². The van der Waals surface area contributed by atoms with Crippen molar-refractivity contribution in [2.75, 3.05) is 32.1 Å². The van der Waals surface area contributed by atoms with Gasteiger partial charge in [0.1, 0.15) is 0 Å². The highest BCUT2D eigenvalue weighted by molar-refractivity contribution is 9.09. The first-order chi connectivity index (χ1) is 5.72. The van der Waals surface area contributed by atoms with E-state index in [1.165, 1.54) is 31.7 Å². The Morgan fingerprint density at radius 2 is 2.17 bits per heavy atom. The highest BCUT2D eigenvalue weighted by Gasteiger charge is 2.27. The summed E-state index contributed by atoms with van der Waals surface area (Å²) in [6, 6.07) is 0. The van der Waals surface area contributed by atoms with E-state index in [0.717, 1.165) is 10.7 Å². The van der Waals surface area contributed by atoms with Crippen LogP contribution in [0.15, 0.2) is 0 Å². The molecule has 0 spiro atoms. The van der Waals surface area contributed by atoms with E-state index in [1.807, 2.05) is 11.8 Å². The fraction of sp³-hybridized carbons (Fsp3) is 1.00. The van der Waals surface area contributed by atoms with Crippen LogP contribution in [0.5, 0.6) is 0 Å². The molecule has 0 unspecified atom stereocenters. The molecule has 0 atom stereocenters. The van der Waals surface area contributed by atoms with E-state index >= 15 is 0 Å². The molecular formula is C9H18BrNS. The number of alkyl halides is 1. The van der Waals surface area contributed by atoms with Crippen molar-refractivity contribution in [2.24, 2.45) is 5.92 Å². The second kappa shape index (κ2) is 5.51.